The fourth-order valence-electron chi connectivity index (χ4n) is 3.02. The van der Waals surface area contributed by atoms with Crippen LogP contribution in [0.5, 0.6) is 5.75 Å². The normalized spacial score (nSPS) is 12.6. The van der Waals surface area contributed by atoms with E-state index in [2.05, 4.69) is 52.3 Å². The molecule has 4 nitrogen and oxygen atoms in total. The van der Waals surface area contributed by atoms with Crippen molar-refractivity contribution in [2.45, 2.75) is 32.1 Å². The summed E-state index contributed by atoms with van der Waals surface area (Å²) < 4.78 is 6.31. The van der Waals surface area contributed by atoms with E-state index in [1.165, 1.54) is 18.4 Å². The third kappa shape index (κ3) is 4.83. The molecule has 0 aliphatic rings. The van der Waals surface area contributed by atoms with Crippen molar-refractivity contribution in [3.63, 3.8) is 0 Å². The number of benzene rings is 2. The van der Waals surface area contributed by atoms with Crippen molar-refractivity contribution in [2.24, 2.45) is 0 Å². The first-order valence-electron chi connectivity index (χ1n) is 8.64. The van der Waals surface area contributed by atoms with Crippen LogP contribution < -0.4 is 4.84 Å². The Morgan fingerprint density at radius 2 is 1.96 bits per heavy atom. The standard InChI is InChI=1S/C20H23BrN2O2/c1-3-4-15(16-5-8-18(21)9-6-16)11-12-23(2)25-19-10-7-17-14-22-24-20(17)13-19/h5-10,13-15H,3-4,11-12H2,1-2H3. The van der Waals surface area contributed by atoms with Gasteiger partial charge in [-0.1, -0.05) is 46.6 Å². The number of aromatic nitrogens is 1. The second kappa shape index (κ2) is 8.50. The molecule has 0 saturated heterocycles. The number of rotatable bonds is 8. The summed E-state index contributed by atoms with van der Waals surface area (Å²) in [5.41, 5.74) is 2.13. The zero-order valence-corrected chi connectivity index (χ0v) is 16.2. The quantitative estimate of drug-likeness (QED) is 0.446. The van der Waals surface area contributed by atoms with E-state index in [1.54, 1.807) is 6.20 Å². The Bertz CT molecular complexity index is 801. The molecule has 5 heteroatoms. The molecule has 0 fully saturated rings. The van der Waals surface area contributed by atoms with Crippen LogP contribution >= 0.6 is 15.9 Å². The molecule has 0 N–H and O–H groups in total. The van der Waals surface area contributed by atoms with Gasteiger partial charge in [-0.05, 0) is 48.6 Å². The predicted molar refractivity (Wildman–Crippen MR) is 104 cm³/mol. The maximum absolute atomic E-state index is 5.91. The number of hydroxylamine groups is 2. The lowest BCUT2D eigenvalue weighted by Gasteiger charge is -2.22. The Kier molecular flexibility index (Phi) is 6.10. The molecule has 2 aromatic carbocycles. The van der Waals surface area contributed by atoms with Crippen molar-refractivity contribution in [3.05, 3.63) is 58.7 Å². The zero-order chi connectivity index (χ0) is 17.6. The summed E-state index contributed by atoms with van der Waals surface area (Å²) in [5, 5.41) is 6.66. The van der Waals surface area contributed by atoms with E-state index < -0.39 is 0 Å². The van der Waals surface area contributed by atoms with Gasteiger partial charge in [-0.25, -0.2) is 0 Å². The van der Waals surface area contributed by atoms with Gasteiger partial charge in [-0.15, -0.1) is 5.06 Å². The minimum Gasteiger partial charge on any atom is -0.406 e. The monoisotopic (exact) mass is 402 g/mol. The van der Waals surface area contributed by atoms with Crippen molar-refractivity contribution < 1.29 is 9.36 Å². The van der Waals surface area contributed by atoms with E-state index in [-0.39, 0.29) is 0 Å². The van der Waals surface area contributed by atoms with Crippen molar-refractivity contribution in [2.75, 3.05) is 13.6 Å². The zero-order valence-electron chi connectivity index (χ0n) is 14.6. The van der Waals surface area contributed by atoms with Gasteiger partial charge < -0.3 is 9.36 Å². The molecule has 25 heavy (non-hydrogen) atoms. The fraction of sp³-hybridized carbons (Fsp3) is 0.350. The molecule has 3 aromatic rings. The van der Waals surface area contributed by atoms with Gasteiger partial charge in [0.1, 0.15) is 0 Å². The van der Waals surface area contributed by atoms with Gasteiger partial charge in [0.25, 0.3) is 0 Å². The minimum absolute atomic E-state index is 0.543. The molecule has 0 bridgehead atoms. The average Bonchev–Trinajstić information content (AvgIpc) is 3.07. The predicted octanol–water partition coefficient (Wildman–Crippen LogP) is 5.79. The smallest absolute Gasteiger partial charge is 0.170 e. The van der Waals surface area contributed by atoms with Crippen LogP contribution in [0.2, 0.25) is 0 Å². The lowest BCUT2D eigenvalue weighted by atomic mass is 9.91. The summed E-state index contributed by atoms with van der Waals surface area (Å²) in [5.74, 6) is 1.31. The Labute approximate surface area is 156 Å². The highest BCUT2D eigenvalue weighted by Crippen LogP contribution is 2.27. The molecule has 132 valence electrons. The molecule has 0 spiro atoms. The van der Waals surface area contributed by atoms with Gasteiger partial charge in [0.2, 0.25) is 0 Å². The van der Waals surface area contributed by atoms with Crippen LogP contribution in [0.15, 0.2) is 57.7 Å². The van der Waals surface area contributed by atoms with E-state index in [0.717, 1.165) is 34.2 Å². The van der Waals surface area contributed by atoms with E-state index in [4.69, 9.17) is 9.36 Å². The van der Waals surface area contributed by atoms with Gasteiger partial charge in [0.05, 0.1) is 6.20 Å². The van der Waals surface area contributed by atoms with Crippen LogP contribution in [0.1, 0.15) is 37.7 Å². The Morgan fingerprint density at radius 3 is 2.72 bits per heavy atom. The van der Waals surface area contributed by atoms with Crippen molar-refractivity contribution >= 4 is 26.9 Å². The van der Waals surface area contributed by atoms with Crippen LogP contribution in [0, 0.1) is 0 Å². The highest BCUT2D eigenvalue weighted by atomic mass is 79.9. The third-order valence-corrected chi connectivity index (χ3v) is 4.89. The van der Waals surface area contributed by atoms with Crippen molar-refractivity contribution in [3.8, 4) is 5.75 Å². The molecule has 1 heterocycles. The number of fused-ring (bicyclic) bond motifs is 1. The highest BCUT2D eigenvalue weighted by molar-refractivity contribution is 9.10. The van der Waals surface area contributed by atoms with Crippen LogP contribution in [-0.2, 0) is 0 Å². The Balaban J connectivity index is 1.58. The summed E-state index contributed by atoms with van der Waals surface area (Å²) in [7, 11) is 1.97. The first kappa shape index (κ1) is 18.0. The van der Waals surface area contributed by atoms with Crippen LogP contribution in [0.25, 0.3) is 11.0 Å². The van der Waals surface area contributed by atoms with Crippen molar-refractivity contribution in [1.82, 2.24) is 10.2 Å². The second-order valence-electron chi connectivity index (χ2n) is 6.29. The molecular formula is C20H23BrN2O2. The first-order chi connectivity index (χ1) is 12.2. The highest BCUT2D eigenvalue weighted by Gasteiger charge is 2.13. The summed E-state index contributed by atoms with van der Waals surface area (Å²) in [6.07, 6.45) is 5.11. The largest absolute Gasteiger partial charge is 0.406 e. The van der Waals surface area contributed by atoms with Gasteiger partial charge in [0.15, 0.2) is 11.3 Å². The molecule has 0 saturated carbocycles. The van der Waals surface area contributed by atoms with Crippen LogP contribution in [0.4, 0.5) is 0 Å². The second-order valence-corrected chi connectivity index (χ2v) is 7.21. The molecule has 1 atom stereocenters. The summed E-state index contributed by atoms with van der Waals surface area (Å²) >= 11 is 3.51. The molecule has 3 rings (SSSR count). The maximum Gasteiger partial charge on any atom is 0.170 e. The number of nitrogens with zero attached hydrogens (tertiary/aromatic N) is 2. The topological polar surface area (TPSA) is 38.5 Å². The number of hydrogen-bond donors (Lipinski definition) is 0. The third-order valence-electron chi connectivity index (χ3n) is 4.36. The molecule has 1 aromatic heterocycles. The van der Waals surface area contributed by atoms with Crippen LogP contribution in [0.3, 0.4) is 0 Å². The Hall–Kier alpha value is -1.85. The molecular weight excluding hydrogens is 380 g/mol. The molecule has 0 amide bonds. The lowest BCUT2D eigenvalue weighted by molar-refractivity contribution is -0.0338. The van der Waals surface area contributed by atoms with E-state index >= 15 is 0 Å². The molecule has 0 aliphatic carbocycles. The number of halogens is 1. The van der Waals surface area contributed by atoms with E-state index in [9.17, 15) is 0 Å². The van der Waals surface area contributed by atoms with Gasteiger partial charge in [0, 0.05) is 29.5 Å². The van der Waals surface area contributed by atoms with Crippen molar-refractivity contribution in [1.29, 1.82) is 0 Å². The summed E-state index contributed by atoms with van der Waals surface area (Å²) in [6.45, 7) is 3.09. The summed E-state index contributed by atoms with van der Waals surface area (Å²) in [6, 6.07) is 14.4. The van der Waals surface area contributed by atoms with Gasteiger partial charge >= 0.3 is 0 Å². The molecule has 0 aliphatic heterocycles. The minimum atomic E-state index is 0.543. The SMILES string of the molecule is CCCC(CCN(C)Oc1ccc2cnoc2c1)c1ccc(Br)cc1. The lowest BCUT2D eigenvalue weighted by Crippen LogP contribution is -2.25. The summed E-state index contributed by atoms with van der Waals surface area (Å²) in [4.78, 5) is 5.91. The maximum atomic E-state index is 5.91. The van der Waals surface area contributed by atoms with E-state index in [0.29, 0.717) is 5.92 Å². The molecule has 0 radical (unpaired) electrons. The average molecular weight is 403 g/mol. The van der Waals surface area contributed by atoms with Gasteiger partial charge in [-0.3, -0.25) is 0 Å². The number of hydrogen-bond acceptors (Lipinski definition) is 4. The molecule has 1 unspecified atom stereocenters. The fourth-order valence-corrected chi connectivity index (χ4v) is 3.29. The Morgan fingerprint density at radius 1 is 1.16 bits per heavy atom. The van der Waals surface area contributed by atoms with E-state index in [1.807, 2.05) is 30.3 Å². The first-order valence-corrected chi connectivity index (χ1v) is 9.44. The van der Waals surface area contributed by atoms with Crippen LogP contribution in [-0.4, -0.2) is 23.8 Å². The van der Waals surface area contributed by atoms with Gasteiger partial charge in [-0.2, -0.15) is 0 Å².